The topological polar surface area (TPSA) is 132 Å². The maximum atomic E-state index is 12.6. The highest BCUT2D eigenvalue weighted by molar-refractivity contribution is 5.96. The lowest BCUT2D eigenvalue weighted by Gasteiger charge is -2.37. The minimum atomic E-state index is -0.514. The van der Waals surface area contributed by atoms with Gasteiger partial charge in [-0.3, -0.25) is 9.59 Å². The van der Waals surface area contributed by atoms with Crippen LogP contribution in [0.3, 0.4) is 0 Å². The van der Waals surface area contributed by atoms with E-state index in [2.05, 4.69) is 31.1 Å². The molecule has 0 unspecified atom stereocenters. The summed E-state index contributed by atoms with van der Waals surface area (Å²) in [6.45, 7) is 2.21. The van der Waals surface area contributed by atoms with Crippen molar-refractivity contribution in [2.24, 2.45) is 5.73 Å². The number of nitrogens with two attached hydrogens (primary N) is 1. The molecule has 1 aromatic carbocycles. The number of likely N-dealkylation sites (N-methyl/N-ethyl adjacent to an activating group) is 1. The molecule has 34 heavy (non-hydrogen) atoms. The number of rotatable bonds is 8. The summed E-state index contributed by atoms with van der Waals surface area (Å²) in [6, 6.07) is 5.10. The third kappa shape index (κ3) is 5.13. The highest BCUT2D eigenvalue weighted by Crippen LogP contribution is 2.20. The lowest BCUT2D eigenvalue weighted by atomic mass is 10.0. The van der Waals surface area contributed by atoms with Crippen LogP contribution in [0.25, 0.3) is 11.0 Å². The summed E-state index contributed by atoms with van der Waals surface area (Å²) in [5, 5.41) is 8.15. The van der Waals surface area contributed by atoms with E-state index in [1.54, 1.807) is 40.2 Å². The number of hydrogen-bond acceptors (Lipinski definition) is 8. The molecule has 3 heterocycles. The number of amides is 2. The van der Waals surface area contributed by atoms with Crippen molar-refractivity contribution >= 4 is 28.7 Å². The molecule has 1 saturated heterocycles. The maximum Gasteiger partial charge on any atom is 0.248 e. The largest absolute Gasteiger partial charge is 0.370 e. The molecule has 2 aromatic heterocycles. The van der Waals surface area contributed by atoms with Crippen molar-refractivity contribution in [1.29, 1.82) is 0 Å². The Hall–Kier alpha value is -4.04. The molecule has 11 nitrogen and oxygen atoms in total. The molecule has 0 bridgehead atoms. The van der Waals surface area contributed by atoms with Gasteiger partial charge in [-0.25, -0.2) is 14.6 Å². The van der Waals surface area contributed by atoms with E-state index >= 15 is 0 Å². The van der Waals surface area contributed by atoms with Crippen LogP contribution in [0.15, 0.2) is 30.6 Å². The second kappa shape index (κ2) is 10.3. The number of benzene rings is 1. The predicted octanol–water partition coefficient (Wildman–Crippen LogP) is 0.446. The molecule has 0 saturated carbocycles. The van der Waals surface area contributed by atoms with Gasteiger partial charge >= 0.3 is 0 Å². The molecule has 1 aliphatic rings. The Morgan fingerprint density at radius 1 is 1.26 bits per heavy atom. The van der Waals surface area contributed by atoms with Gasteiger partial charge in [0.1, 0.15) is 23.6 Å². The molecule has 3 aromatic rings. The molecule has 2 amide bonds. The summed E-state index contributed by atoms with van der Waals surface area (Å²) >= 11 is 0. The van der Waals surface area contributed by atoms with Gasteiger partial charge in [0.2, 0.25) is 11.8 Å². The molecule has 4 rings (SSSR count). The van der Waals surface area contributed by atoms with E-state index in [0.29, 0.717) is 28.8 Å². The van der Waals surface area contributed by atoms with Crippen molar-refractivity contribution in [3.63, 3.8) is 0 Å². The number of piperidine rings is 1. The Morgan fingerprint density at radius 3 is 2.74 bits per heavy atom. The number of terminal acetylenes is 1. The predicted molar refractivity (Wildman–Crippen MR) is 125 cm³/mol. The minimum Gasteiger partial charge on any atom is -0.370 e. The molecule has 0 radical (unpaired) electrons. The minimum absolute atomic E-state index is 0.0189. The summed E-state index contributed by atoms with van der Waals surface area (Å²) in [7, 11) is 1.81. The first-order valence-corrected chi connectivity index (χ1v) is 11.0. The quantitative estimate of drug-likeness (QED) is 0.377. The number of nitrogens with zero attached hydrogens (tertiary/aromatic N) is 7. The lowest BCUT2D eigenvalue weighted by molar-refractivity contribution is -0.137. The Balaban J connectivity index is 1.22. The fourth-order valence-corrected chi connectivity index (χ4v) is 3.94. The summed E-state index contributed by atoms with van der Waals surface area (Å²) in [5.74, 6) is 2.66. The van der Waals surface area contributed by atoms with Crippen LogP contribution in [-0.2, 0) is 16.1 Å². The van der Waals surface area contributed by atoms with E-state index in [9.17, 15) is 9.59 Å². The van der Waals surface area contributed by atoms with Crippen LogP contribution in [0.2, 0.25) is 0 Å². The summed E-state index contributed by atoms with van der Waals surface area (Å²) in [5.41, 5.74) is 7.59. The standard InChI is InChI=1S/C23H26N8O3/c1-3-17-13-26-21(14-25-17)30-8-6-18(7-9-30)29(2)22(32)15-34-11-10-31-20-12-16(23(24)33)4-5-19(20)27-28-31/h1,4-5,12-14,18H,6-11,15H2,2H3,(H2,24,33). The van der Waals surface area contributed by atoms with E-state index in [4.69, 9.17) is 16.9 Å². The zero-order valence-electron chi connectivity index (χ0n) is 18.9. The van der Waals surface area contributed by atoms with Crippen molar-refractivity contribution in [1.82, 2.24) is 29.9 Å². The lowest BCUT2D eigenvalue weighted by Crippen LogP contribution is -2.47. The Bertz CT molecular complexity index is 1210. The Kier molecular flexibility index (Phi) is 6.98. The number of anilines is 1. The van der Waals surface area contributed by atoms with Crippen LogP contribution in [0, 0.1) is 12.3 Å². The maximum absolute atomic E-state index is 12.6. The van der Waals surface area contributed by atoms with Crippen LogP contribution in [0.4, 0.5) is 5.82 Å². The number of carbonyl (C=O) groups excluding carboxylic acids is 2. The Labute approximate surface area is 196 Å². The van der Waals surface area contributed by atoms with Crippen molar-refractivity contribution in [3.05, 3.63) is 41.9 Å². The van der Waals surface area contributed by atoms with Crippen LogP contribution < -0.4 is 10.6 Å². The summed E-state index contributed by atoms with van der Waals surface area (Å²) < 4.78 is 7.23. The first kappa shape index (κ1) is 23.1. The van der Waals surface area contributed by atoms with E-state index < -0.39 is 5.91 Å². The van der Waals surface area contributed by atoms with Gasteiger partial charge in [0.25, 0.3) is 0 Å². The SMILES string of the molecule is C#Cc1cnc(N2CCC(N(C)C(=O)COCCn3nnc4ccc(C(N)=O)cc43)CC2)cn1. The third-order valence-corrected chi connectivity index (χ3v) is 5.99. The monoisotopic (exact) mass is 462 g/mol. The van der Waals surface area contributed by atoms with Crippen LogP contribution in [0.1, 0.15) is 28.9 Å². The van der Waals surface area contributed by atoms with Crippen molar-refractivity contribution < 1.29 is 14.3 Å². The smallest absolute Gasteiger partial charge is 0.248 e. The fourth-order valence-electron chi connectivity index (χ4n) is 3.94. The van der Waals surface area contributed by atoms with Crippen LogP contribution >= 0.6 is 0 Å². The van der Waals surface area contributed by atoms with Gasteiger partial charge in [-0.1, -0.05) is 5.21 Å². The van der Waals surface area contributed by atoms with Crippen LogP contribution in [0.5, 0.6) is 0 Å². The number of ether oxygens (including phenoxy) is 1. The average molecular weight is 463 g/mol. The number of aromatic nitrogens is 5. The van der Waals surface area contributed by atoms with Gasteiger partial charge in [-0.15, -0.1) is 11.5 Å². The van der Waals surface area contributed by atoms with Gasteiger partial charge in [0.05, 0.1) is 31.1 Å². The molecule has 0 atom stereocenters. The number of fused-ring (bicyclic) bond motifs is 1. The molecular formula is C23H26N8O3. The molecule has 2 N–H and O–H groups in total. The number of primary amides is 1. The highest BCUT2D eigenvalue weighted by Gasteiger charge is 2.26. The summed E-state index contributed by atoms with van der Waals surface area (Å²) in [6.07, 6.45) is 10.3. The highest BCUT2D eigenvalue weighted by atomic mass is 16.5. The van der Waals surface area contributed by atoms with Crippen molar-refractivity contribution in [2.75, 3.05) is 38.3 Å². The van der Waals surface area contributed by atoms with E-state index in [0.717, 1.165) is 31.7 Å². The number of carbonyl (C=O) groups is 2. The van der Waals surface area contributed by atoms with E-state index in [1.807, 2.05) is 7.05 Å². The van der Waals surface area contributed by atoms with Gasteiger partial charge in [0.15, 0.2) is 0 Å². The first-order valence-electron chi connectivity index (χ1n) is 11.0. The van der Waals surface area contributed by atoms with Gasteiger partial charge in [-0.2, -0.15) is 0 Å². The van der Waals surface area contributed by atoms with Gasteiger partial charge in [-0.05, 0) is 37.0 Å². The average Bonchev–Trinajstić information content (AvgIpc) is 3.28. The molecule has 0 spiro atoms. The zero-order valence-corrected chi connectivity index (χ0v) is 18.9. The van der Waals surface area contributed by atoms with Crippen molar-refractivity contribution in [2.45, 2.75) is 25.4 Å². The molecule has 0 aliphatic carbocycles. The Morgan fingerprint density at radius 2 is 2.06 bits per heavy atom. The van der Waals surface area contributed by atoms with Gasteiger partial charge < -0.3 is 20.3 Å². The molecule has 11 heteroatoms. The second-order valence-electron chi connectivity index (χ2n) is 8.06. The second-order valence-corrected chi connectivity index (χ2v) is 8.06. The molecule has 1 fully saturated rings. The molecule has 176 valence electrons. The number of hydrogen-bond donors (Lipinski definition) is 1. The van der Waals surface area contributed by atoms with Crippen LogP contribution in [-0.4, -0.2) is 81.1 Å². The first-order chi connectivity index (χ1) is 16.5. The third-order valence-electron chi connectivity index (χ3n) is 5.99. The molecular weight excluding hydrogens is 436 g/mol. The summed E-state index contributed by atoms with van der Waals surface area (Å²) in [4.78, 5) is 36.5. The van der Waals surface area contributed by atoms with E-state index in [-0.39, 0.29) is 25.2 Å². The fraction of sp³-hybridized carbons (Fsp3) is 0.391. The molecule has 1 aliphatic heterocycles. The zero-order chi connectivity index (χ0) is 24.1. The van der Waals surface area contributed by atoms with Crippen molar-refractivity contribution in [3.8, 4) is 12.3 Å². The van der Waals surface area contributed by atoms with E-state index in [1.165, 1.54) is 0 Å². The normalized spacial score (nSPS) is 14.2. The van der Waals surface area contributed by atoms with Gasteiger partial charge in [0, 0.05) is 31.7 Å².